The molecule has 1 aliphatic rings. The molecular weight excluding hydrogens is 366 g/mol. The van der Waals surface area contributed by atoms with Gasteiger partial charge in [0.1, 0.15) is 16.7 Å². The van der Waals surface area contributed by atoms with Crippen LogP contribution < -0.4 is 4.74 Å². The third kappa shape index (κ3) is 4.52. The standard InChI is InChI=1S/C20H19NO3S2/c1-23-12-11-21-19(22)18(26-20(21)25)13-16-9-5-6-10-17(16)24-14-15-7-3-2-4-8-15/h2-10,13H,11-12,14H2,1H3. The first-order valence-electron chi connectivity index (χ1n) is 8.19. The quantitative estimate of drug-likeness (QED) is 0.530. The summed E-state index contributed by atoms with van der Waals surface area (Å²) in [6.45, 7) is 1.39. The predicted octanol–water partition coefficient (Wildman–Crippen LogP) is 4.11. The van der Waals surface area contributed by atoms with Gasteiger partial charge in [-0.2, -0.15) is 0 Å². The smallest absolute Gasteiger partial charge is 0.266 e. The number of amides is 1. The van der Waals surface area contributed by atoms with Crippen molar-refractivity contribution in [2.75, 3.05) is 20.3 Å². The first-order chi connectivity index (χ1) is 12.7. The second-order valence-electron chi connectivity index (χ2n) is 5.64. The molecule has 1 saturated heterocycles. The Kier molecular flexibility index (Phi) is 6.44. The van der Waals surface area contributed by atoms with Crippen LogP contribution in [0.5, 0.6) is 5.75 Å². The Morgan fingerprint density at radius 2 is 1.85 bits per heavy atom. The van der Waals surface area contributed by atoms with Crippen molar-refractivity contribution >= 4 is 40.3 Å². The summed E-state index contributed by atoms with van der Waals surface area (Å²) in [6.07, 6.45) is 1.84. The lowest BCUT2D eigenvalue weighted by atomic mass is 10.1. The van der Waals surface area contributed by atoms with Gasteiger partial charge in [0.05, 0.1) is 18.1 Å². The van der Waals surface area contributed by atoms with Gasteiger partial charge in [0.15, 0.2) is 0 Å². The average molecular weight is 386 g/mol. The van der Waals surface area contributed by atoms with E-state index < -0.39 is 0 Å². The van der Waals surface area contributed by atoms with Gasteiger partial charge in [0, 0.05) is 12.7 Å². The van der Waals surface area contributed by atoms with Crippen LogP contribution in [-0.2, 0) is 16.1 Å². The first-order valence-corrected chi connectivity index (χ1v) is 9.41. The Morgan fingerprint density at radius 3 is 2.62 bits per heavy atom. The van der Waals surface area contributed by atoms with Crippen molar-refractivity contribution in [1.82, 2.24) is 4.90 Å². The fourth-order valence-electron chi connectivity index (χ4n) is 2.48. The molecule has 2 aromatic carbocycles. The maximum absolute atomic E-state index is 12.6. The van der Waals surface area contributed by atoms with E-state index in [-0.39, 0.29) is 5.91 Å². The van der Waals surface area contributed by atoms with Gasteiger partial charge < -0.3 is 9.47 Å². The third-order valence-corrected chi connectivity index (χ3v) is 5.21. The van der Waals surface area contributed by atoms with Crippen LogP contribution in [0.3, 0.4) is 0 Å². The highest BCUT2D eigenvalue weighted by molar-refractivity contribution is 8.26. The Labute approximate surface area is 162 Å². The zero-order chi connectivity index (χ0) is 18.4. The van der Waals surface area contributed by atoms with Crippen molar-refractivity contribution < 1.29 is 14.3 Å². The summed E-state index contributed by atoms with van der Waals surface area (Å²) in [6, 6.07) is 17.7. The number of carbonyl (C=O) groups excluding carboxylic acids is 1. The van der Waals surface area contributed by atoms with Gasteiger partial charge >= 0.3 is 0 Å². The molecule has 3 rings (SSSR count). The third-order valence-electron chi connectivity index (χ3n) is 3.84. The van der Waals surface area contributed by atoms with Crippen LogP contribution in [0.2, 0.25) is 0 Å². The van der Waals surface area contributed by atoms with Gasteiger partial charge in [0.2, 0.25) is 0 Å². The van der Waals surface area contributed by atoms with Crippen molar-refractivity contribution in [2.45, 2.75) is 6.61 Å². The molecule has 0 spiro atoms. The monoisotopic (exact) mass is 385 g/mol. The second-order valence-corrected chi connectivity index (χ2v) is 7.31. The minimum atomic E-state index is -0.0880. The Balaban J connectivity index is 1.76. The molecule has 0 saturated carbocycles. The molecule has 1 fully saturated rings. The fourth-order valence-corrected chi connectivity index (χ4v) is 3.78. The molecule has 0 radical (unpaired) electrons. The molecule has 6 heteroatoms. The summed E-state index contributed by atoms with van der Waals surface area (Å²) in [5.74, 6) is 0.647. The molecule has 1 heterocycles. The van der Waals surface area contributed by atoms with Crippen molar-refractivity contribution in [3.8, 4) is 5.75 Å². The predicted molar refractivity (Wildman–Crippen MR) is 109 cm³/mol. The maximum atomic E-state index is 12.6. The summed E-state index contributed by atoms with van der Waals surface area (Å²) < 4.78 is 11.6. The molecule has 0 bridgehead atoms. The van der Waals surface area contributed by atoms with Crippen molar-refractivity contribution in [3.63, 3.8) is 0 Å². The molecule has 0 N–H and O–H groups in total. The zero-order valence-corrected chi connectivity index (χ0v) is 16.0. The van der Waals surface area contributed by atoms with E-state index in [9.17, 15) is 4.79 Å². The van der Waals surface area contributed by atoms with Crippen molar-refractivity contribution in [2.24, 2.45) is 0 Å². The lowest BCUT2D eigenvalue weighted by molar-refractivity contribution is -0.122. The van der Waals surface area contributed by atoms with E-state index >= 15 is 0 Å². The zero-order valence-electron chi connectivity index (χ0n) is 14.4. The number of nitrogens with zero attached hydrogens (tertiary/aromatic N) is 1. The molecule has 0 unspecified atom stereocenters. The number of methoxy groups -OCH3 is 1. The van der Waals surface area contributed by atoms with Gasteiger partial charge in [-0.15, -0.1) is 0 Å². The van der Waals surface area contributed by atoms with E-state index in [0.29, 0.717) is 29.0 Å². The summed E-state index contributed by atoms with van der Waals surface area (Å²) >= 11 is 6.62. The second kappa shape index (κ2) is 8.98. The molecule has 1 amide bonds. The summed E-state index contributed by atoms with van der Waals surface area (Å²) in [5.41, 5.74) is 1.95. The van der Waals surface area contributed by atoms with E-state index in [1.807, 2.05) is 60.7 Å². The number of ether oxygens (including phenoxy) is 2. The molecule has 2 aromatic rings. The van der Waals surface area contributed by atoms with Gasteiger partial charge in [-0.05, 0) is 17.7 Å². The van der Waals surface area contributed by atoms with Crippen LogP contribution in [0.4, 0.5) is 0 Å². The lowest BCUT2D eigenvalue weighted by Gasteiger charge is -2.13. The van der Waals surface area contributed by atoms with Crippen LogP contribution in [0.15, 0.2) is 59.5 Å². The largest absolute Gasteiger partial charge is 0.488 e. The number of carbonyl (C=O) groups is 1. The number of hydrogen-bond donors (Lipinski definition) is 0. The molecule has 4 nitrogen and oxygen atoms in total. The summed E-state index contributed by atoms with van der Waals surface area (Å²) in [7, 11) is 1.60. The number of benzene rings is 2. The Bertz CT molecular complexity index is 821. The number of thioether (sulfide) groups is 1. The number of para-hydroxylation sites is 1. The Hall–Kier alpha value is -2.15. The number of rotatable bonds is 7. The normalized spacial score (nSPS) is 15.7. The van der Waals surface area contributed by atoms with Gasteiger partial charge in [0.25, 0.3) is 5.91 Å². The minimum Gasteiger partial charge on any atom is -0.488 e. The number of thiocarbonyl (C=S) groups is 1. The molecule has 134 valence electrons. The van der Waals surface area contributed by atoms with Gasteiger partial charge in [-0.1, -0.05) is 72.5 Å². The van der Waals surface area contributed by atoms with Crippen LogP contribution in [0.1, 0.15) is 11.1 Å². The molecule has 0 atom stereocenters. The lowest BCUT2D eigenvalue weighted by Crippen LogP contribution is -2.31. The minimum absolute atomic E-state index is 0.0880. The SMILES string of the molecule is COCCN1C(=O)C(=Cc2ccccc2OCc2ccccc2)SC1=S. The highest BCUT2D eigenvalue weighted by Gasteiger charge is 2.31. The first kappa shape index (κ1) is 18.6. The van der Waals surface area contributed by atoms with Crippen molar-refractivity contribution in [3.05, 3.63) is 70.6 Å². The van der Waals surface area contributed by atoms with Crippen LogP contribution >= 0.6 is 24.0 Å². The summed E-state index contributed by atoms with van der Waals surface area (Å²) in [4.78, 5) is 14.7. The van der Waals surface area contributed by atoms with E-state index in [1.54, 1.807) is 12.0 Å². The maximum Gasteiger partial charge on any atom is 0.266 e. The van der Waals surface area contributed by atoms with E-state index in [2.05, 4.69) is 0 Å². The molecule has 0 aliphatic carbocycles. The highest BCUT2D eigenvalue weighted by Crippen LogP contribution is 2.34. The molecule has 26 heavy (non-hydrogen) atoms. The highest BCUT2D eigenvalue weighted by atomic mass is 32.2. The topological polar surface area (TPSA) is 38.8 Å². The Morgan fingerprint density at radius 1 is 1.12 bits per heavy atom. The molecule has 1 aliphatic heterocycles. The van der Waals surface area contributed by atoms with Gasteiger partial charge in [-0.3, -0.25) is 9.69 Å². The molecular formula is C20H19NO3S2. The van der Waals surface area contributed by atoms with Crippen LogP contribution in [0.25, 0.3) is 6.08 Å². The fraction of sp³-hybridized carbons (Fsp3) is 0.200. The number of hydrogen-bond acceptors (Lipinski definition) is 5. The van der Waals surface area contributed by atoms with E-state index in [1.165, 1.54) is 11.8 Å². The summed E-state index contributed by atoms with van der Waals surface area (Å²) in [5, 5.41) is 0. The van der Waals surface area contributed by atoms with E-state index in [0.717, 1.165) is 16.9 Å². The van der Waals surface area contributed by atoms with E-state index in [4.69, 9.17) is 21.7 Å². The molecule has 0 aromatic heterocycles. The van der Waals surface area contributed by atoms with Crippen LogP contribution in [-0.4, -0.2) is 35.4 Å². The van der Waals surface area contributed by atoms with Gasteiger partial charge in [-0.25, -0.2) is 0 Å². The van der Waals surface area contributed by atoms with Crippen LogP contribution in [0, 0.1) is 0 Å². The average Bonchev–Trinajstić information content (AvgIpc) is 2.93. The van der Waals surface area contributed by atoms with Crippen molar-refractivity contribution in [1.29, 1.82) is 0 Å².